The van der Waals surface area contributed by atoms with Crippen molar-refractivity contribution in [1.82, 2.24) is 24.3 Å². The van der Waals surface area contributed by atoms with Crippen molar-refractivity contribution in [2.24, 2.45) is 0 Å². The maximum atomic E-state index is 12.8. The van der Waals surface area contributed by atoms with Gasteiger partial charge in [0.2, 0.25) is 0 Å². The Balaban J connectivity index is 1.45. The average molecular weight is 355 g/mol. The van der Waals surface area contributed by atoms with E-state index in [1.807, 2.05) is 46.7 Å². The Morgan fingerprint density at radius 3 is 2.73 bits per heavy atom. The number of nitrogens with zero attached hydrogens (tertiary/aromatic N) is 5. The van der Waals surface area contributed by atoms with Gasteiger partial charge in [0.1, 0.15) is 5.82 Å². The van der Waals surface area contributed by atoms with Crippen LogP contribution in [0.25, 0.3) is 0 Å². The lowest BCUT2D eigenvalue weighted by molar-refractivity contribution is 0.0407. The van der Waals surface area contributed by atoms with Gasteiger partial charge in [-0.3, -0.25) is 4.98 Å². The Labute approximate surface area is 153 Å². The van der Waals surface area contributed by atoms with Crippen molar-refractivity contribution >= 4 is 6.03 Å². The third-order valence-corrected chi connectivity index (χ3v) is 5.19. The minimum Gasteiger partial charge on any atom is -0.378 e. The van der Waals surface area contributed by atoms with Gasteiger partial charge in [0, 0.05) is 63.4 Å². The van der Waals surface area contributed by atoms with Gasteiger partial charge in [-0.15, -0.1) is 0 Å². The number of imidazole rings is 1. The monoisotopic (exact) mass is 355 g/mol. The van der Waals surface area contributed by atoms with Crippen LogP contribution < -0.4 is 0 Å². The maximum Gasteiger partial charge on any atom is 0.320 e. The van der Waals surface area contributed by atoms with Gasteiger partial charge in [-0.2, -0.15) is 0 Å². The molecular weight excluding hydrogens is 330 g/mol. The molecule has 0 aliphatic carbocycles. The fourth-order valence-electron chi connectivity index (χ4n) is 3.82. The molecule has 0 bridgehead atoms. The highest BCUT2D eigenvalue weighted by molar-refractivity contribution is 5.74. The van der Waals surface area contributed by atoms with Gasteiger partial charge in [0.15, 0.2) is 0 Å². The van der Waals surface area contributed by atoms with Gasteiger partial charge in [0.25, 0.3) is 0 Å². The molecule has 4 heterocycles. The molecule has 4 rings (SSSR count). The van der Waals surface area contributed by atoms with Crippen LogP contribution >= 0.6 is 0 Å². The number of ether oxygens (including phenoxy) is 1. The van der Waals surface area contributed by atoms with Crippen LogP contribution in [0.4, 0.5) is 4.79 Å². The summed E-state index contributed by atoms with van der Waals surface area (Å²) in [7, 11) is 0. The van der Waals surface area contributed by atoms with E-state index in [1.54, 1.807) is 0 Å². The van der Waals surface area contributed by atoms with Crippen LogP contribution in [0.3, 0.4) is 0 Å². The number of hydrogen-bond donors (Lipinski definition) is 0. The topological polar surface area (TPSA) is 63.5 Å². The highest BCUT2D eigenvalue weighted by Gasteiger charge is 2.30. The molecule has 0 saturated carbocycles. The third kappa shape index (κ3) is 3.72. The summed E-state index contributed by atoms with van der Waals surface area (Å²) in [4.78, 5) is 25.4. The zero-order chi connectivity index (χ0) is 17.8. The lowest BCUT2D eigenvalue weighted by atomic mass is 9.97. The van der Waals surface area contributed by atoms with Crippen LogP contribution in [0.1, 0.15) is 30.1 Å². The smallest absolute Gasteiger partial charge is 0.320 e. The zero-order valence-electron chi connectivity index (χ0n) is 15.0. The van der Waals surface area contributed by atoms with Crippen LogP contribution in [0, 0.1) is 0 Å². The Morgan fingerprint density at radius 2 is 1.92 bits per heavy atom. The number of carbonyl (C=O) groups excluding carboxylic acids is 1. The van der Waals surface area contributed by atoms with E-state index in [4.69, 9.17) is 4.74 Å². The van der Waals surface area contributed by atoms with Gasteiger partial charge in [-0.05, 0) is 30.5 Å². The Hall–Kier alpha value is -2.41. The van der Waals surface area contributed by atoms with Crippen molar-refractivity contribution in [1.29, 1.82) is 0 Å². The minimum atomic E-state index is 0.144. The van der Waals surface area contributed by atoms with E-state index >= 15 is 0 Å². The summed E-state index contributed by atoms with van der Waals surface area (Å²) in [6, 6.07) is 4.20. The van der Waals surface area contributed by atoms with Crippen LogP contribution in [0.5, 0.6) is 0 Å². The SMILES string of the molecule is O=C(N1CCOCC1)N1CCC[C@@H](c2nccn2Cc2ccncc2)C1. The summed E-state index contributed by atoms with van der Waals surface area (Å²) in [5, 5.41) is 0. The molecule has 26 heavy (non-hydrogen) atoms. The molecule has 1 atom stereocenters. The predicted octanol–water partition coefficient (Wildman–Crippen LogP) is 1.96. The molecule has 2 aliphatic rings. The number of rotatable bonds is 3. The molecule has 2 aromatic heterocycles. The highest BCUT2D eigenvalue weighted by Crippen LogP contribution is 2.27. The standard InChI is InChI=1S/C19H25N5O2/c25-19(22-10-12-26-13-11-22)24-8-1-2-17(15-24)18-21-7-9-23(18)14-16-3-5-20-6-4-16/h3-7,9,17H,1-2,8,10-15H2/t17-/m1/s1. The fraction of sp³-hybridized carbons (Fsp3) is 0.526. The Bertz CT molecular complexity index is 727. The van der Waals surface area contributed by atoms with Crippen molar-refractivity contribution < 1.29 is 9.53 Å². The first-order valence-electron chi connectivity index (χ1n) is 9.33. The summed E-state index contributed by atoms with van der Waals surface area (Å²) in [5.41, 5.74) is 1.20. The molecule has 138 valence electrons. The molecule has 0 unspecified atom stereocenters. The molecule has 2 amide bonds. The number of pyridine rings is 1. The van der Waals surface area contributed by atoms with E-state index in [2.05, 4.69) is 14.5 Å². The maximum absolute atomic E-state index is 12.8. The molecule has 2 fully saturated rings. The van der Waals surface area contributed by atoms with E-state index in [9.17, 15) is 4.79 Å². The van der Waals surface area contributed by atoms with Gasteiger partial charge in [0.05, 0.1) is 13.2 Å². The van der Waals surface area contributed by atoms with E-state index < -0.39 is 0 Å². The number of likely N-dealkylation sites (tertiary alicyclic amines) is 1. The second kappa shape index (κ2) is 7.86. The van der Waals surface area contributed by atoms with Gasteiger partial charge in [-0.25, -0.2) is 9.78 Å². The lowest BCUT2D eigenvalue weighted by Gasteiger charge is -2.37. The molecule has 0 N–H and O–H groups in total. The molecule has 2 saturated heterocycles. The normalized spacial score (nSPS) is 21.0. The molecule has 2 aromatic rings. The molecule has 0 aromatic carbocycles. The molecule has 7 nitrogen and oxygen atoms in total. The summed E-state index contributed by atoms with van der Waals surface area (Å²) < 4.78 is 7.56. The van der Waals surface area contributed by atoms with Crippen molar-refractivity contribution in [3.8, 4) is 0 Å². The minimum absolute atomic E-state index is 0.144. The van der Waals surface area contributed by atoms with Crippen LogP contribution in [0.2, 0.25) is 0 Å². The van der Waals surface area contributed by atoms with Gasteiger partial charge >= 0.3 is 6.03 Å². The summed E-state index contributed by atoms with van der Waals surface area (Å²) in [5.74, 6) is 1.35. The van der Waals surface area contributed by atoms with E-state index in [0.717, 1.165) is 38.3 Å². The molecular formula is C19H25N5O2. The van der Waals surface area contributed by atoms with E-state index in [-0.39, 0.29) is 11.9 Å². The number of carbonyl (C=O) groups is 1. The highest BCUT2D eigenvalue weighted by atomic mass is 16.5. The molecule has 0 radical (unpaired) electrons. The van der Waals surface area contributed by atoms with Crippen molar-refractivity contribution in [2.75, 3.05) is 39.4 Å². The fourth-order valence-corrected chi connectivity index (χ4v) is 3.82. The van der Waals surface area contributed by atoms with Gasteiger partial charge in [-0.1, -0.05) is 0 Å². The Morgan fingerprint density at radius 1 is 1.12 bits per heavy atom. The average Bonchev–Trinajstić information content (AvgIpc) is 3.17. The number of urea groups is 1. The summed E-state index contributed by atoms with van der Waals surface area (Å²) in [6.07, 6.45) is 9.60. The molecule has 0 spiro atoms. The van der Waals surface area contributed by atoms with E-state index in [0.29, 0.717) is 26.3 Å². The van der Waals surface area contributed by atoms with Crippen LogP contribution in [0.15, 0.2) is 36.9 Å². The number of hydrogen-bond acceptors (Lipinski definition) is 4. The predicted molar refractivity (Wildman–Crippen MR) is 96.9 cm³/mol. The van der Waals surface area contributed by atoms with Crippen molar-refractivity contribution in [2.45, 2.75) is 25.3 Å². The first kappa shape index (κ1) is 17.0. The lowest BCUT2D eigenvalue weighted by Crippen LogP contribution is -2.50. The van der Waals surface area contributed by atoms with Crippen molar-refractivity contribution in [3.05, 3.63) is 48.3 Å². The van der Waals surface area contributed by atoms with Gasteiger partial charge < -0.3 is 19.1 Å². The number of morpholine rings is 1. The Kier molecular flexibility index (Phi) is 5.15. The second-order valence-electron chi connectivity index (χ2n) is 6.94. The molecule has 7 heteroatoms. The molecule has 2 aliphatic heterocycles. The quantitative estimate of drug-likeness (QED) is 0.844. The third-order valence-electron chi connectivity index (χ3n) is 5.19. The number of amides is 2. The number of piperidine rings is 1. The zero-order valence-corrected chi connectivity index (χ0v) is 15.0. The number of aromatic nitrogens is 3. The first-order chi connectivity index (χ1) is 12.8. The first-order valence-corrected chi connectivity index (χ1v) is 9.33. The van der Waals surface area contributed by atoms with Crippen LogP contribution in [-0.4, -0.2) is 69.8 Å². The van der Waals surface area contributed by atoms with Crippen molar-refractivity contribution in [3.63, 3.8) is 0 Å². The summed E-state index contributed by atoms with van der Waals surface area (Å²) in [6.45, 7) is 5.01. The summed E-state index contributed by atoms with van der Waals surface area (Å²) >= 11 is 0. The van der Waals surface area contributed by atoms with E-state index in [1.165, 1.54) is 5.56 Å². The van der Waals surface area contributed by atoms with Crippen LogP contribution in [-0.2, 0) is 11.3 Å². The second-order valence-corrected chi connectivity index (χ2v) is 6.94. The largest absolute Gasteiger partial charge is 0.378 e.